The van der Waals surface area contributed by atoms with Crippen LogP contribution in [0.3, 0.4) is 0 Å². The van der Waals surface area contributed by atoms with Gasteiger partial charge in [-0.05, 0) is 47.4 Å². The molecule has 5 rings (SSSR count). The Bertz CT molecular complexity index is 1490. The minimum Gasteiger partial charge on any atom is -0.496 e. The van der Waals surface area contributed by atoms with Gasteiger partial charge in [-0.25, -0.2) is 4.39 Å². The molecule has 0 unspecified atom stereocenters. The molecule has 2 heterocycles. The average Bonchev–Trinajstić information content (AvgIpc) is 3.42. The third-order valence-electron chi connectivity index (χ3n) is 7.42. The minimum atomic E-state index is -0.328. The number of carbonyl (C=O) groups excluding carboxylic acids is 1. The number of hydrogen-bond donors (Lipinski definition) is 1. The molecular formula is C31H36FN3O4. The average molecular weight is 534 g/mol. The Balaban J connectivity index is 0.00000370. The van der Waals surface area contributed by atoms with Crippen molar-refractivity contribution in [2.24, 2.45) is 0 Å². The molecule has 8 heteroatoms. The summed E-state index contributed by atoms with van der Waals surface area (Å²) in [6.07, 6.45) is 0. The van der Waals surface area contributed by atoms with E-state index in [1.54, 1.807) is 32.3 Å². The van der Waals surface area contributed by atoms with Crippen molar-refractivity contribution in [2.75, 3.05) is 52.4 Å². The summed E-state index contributed by atoms with van der Waals surface area (Å²) in [6.45, 7) is 6.16. The van der Waals surface area contributed by atoms with Crippen molar-refractivity contribution in [2.45, 2.75) is 19.8 Å². The first kappa shape index (κ1) is 26.4. The number of anilines is 1. The predicted octanol–water partition coefficient (Wildman–Crippen LogP) is 6.33. The van der Waals surface area contributed by atoms with Crippen LogP contribution < -0.4 is 19.1 Å². The van der Waals surface area contributed by atoms with E-state index in [0.29, 0.717) is 54.1 Å². The number of benzene rings is 3. The maximum atomic E-state index is 15.7. The van der Waals surface area contributed by atoms with E-state index in [4.69, 9.17) is 14.2 Å². The molecule has 0 atom stereocenters. The lowest BCUT2D eigenvalue weighted by molar-refractivity contribution is 0.0741. The Morgan fingerprint density at radius 3 is 2.10 bits per heavy atom. The second kappa shape index (κ2) is 10.9. The molecule has 39 heavy (non-hydrogen) atoms. The van der Waals surface area contributed by atoms with Crippen molar-refractivity contribution < 1.29 is 24.8 Å². The Morgan fingerprint density at radius 1 is 0.872 bits per heavy atom. The fraction of sp³-hybridized carbons (Fsp3) is 0.323. The van der Waals surface area contributed by atoms with Crippen LogP contribution in [-0.2, 0) is 0 Å². The molecule has 0 bridgehead atoms. The number of ether oxygens (including phenoxy) is 3. The summed E-state index contributed by atoms with van der Waals surface area (Å²) < 4.78 is 32.4. The van der Waals surface area contributed by atoms with Gasteiger partial charge in [0.1, 0.15) is 28.6 Å². The van der Waals surface area contributed by atoms with Gasteiger partial charge in [0.25, 0.3) is 5.91 Å². The van der Waals surface area contributed by atoms with E-state index in [9.17, 15) is 4.79 Å². The fourth-order valence-corrected chi connectivity index (χ4v) is 5.35. The van der Waals surface area contributed by atoms with E-state index in [1.807, 2.05) is 62.4 Å². The molecule has 3 aromatic carbocycles. The van der Waals surface area contributed by atoms with Gasteiger partial charge in [0.15, 0.2) is 5.82 Å². The first-order valence-electron chi connectivity index (χ1n) is 13.1. The number of rotatable bonds is 7. The third-order valence-corrected chi connectivity index (χ3v) is 7.42. The van der Waals surface area contributed by atoms with E-state index in [-0.39, 0.29) is 19.1 Å². The summed E-state index contributed by atoms with van der Waals surface area (Å²) in [5, 5.41) is 0.655. The number of carbonyl (C=O) groups is 1. The second-order valence-electron chi connectivity index (χ2n) is 9.94. The highest BCUT2D eigenvalue weighted by Crippen LogP contribution is 2.40. The van der Waals surface area contributed by atoms with Gasteiger partial charge in [0.2, 0.25) is 0 Å². The summed E-state index contributed by atoms with van der Waals surface area (Å²) >= 11 is 0. The van der Waals surface area contributed by atoms with Crippen LogP contribution >= 0.6 is 0 Å². The number of hydrogen-bond acceptors (Lipinski definition) is 5. The van der Waals surface area contributed by atoms with Gasteiger partial charge in [-0.2, -0.15) is 0 Å². The molecule has 206 valence electrons. The van der Waals surface area contributed by atoms with Crippen molar-refractivity contribution >= 4 is 22.5 Å². The molecule has 1 aliphatic heterocycles. The van der Waals surface area contributed by atoms with Gasteiger partial charge >= 0.3 is 0 Å². The number of aromatic nitrogens is 1. The normalized spacial score (nSPS) is 13.7. The van der Waals surface area contributed by atoms with Gasteiger partial charge in [0.05, 0.1) is 26.8 Å². The summed E-state index contributed by atoms with van der Waals surface area (Å²) in [5.74, 6) is 1.62. The van der Waals surface area contributed by atoms with Gasteiger partial charge < -0.3 is 29.0 Å². The summed E-state index contributed by atoms with van der Waals surface area (Å²) in [7, 11) is 4.89. The molecule has 1 amide bonds. The number of halogens is 1. The fourth-order valence-electron chi connectivity index (χ4n) is 5.35. The maximum Gasteiger partial charge on any atom is 0.270 e. The molecule has 1 N–H and O–H groups in total. The van der Waals surface area contributed by atoms with Crippen LogP contribution in [0.1, 0.15) is 37.2 Å². The van der Waals surface area contributed by atoms with Crippen molar-refractivity contribution in [1.82, 2.24) is 9.88 Å². The minimum absolute atomic E-state index is 0. The Labute approximate surface area is 229 Å². The highest BCUT2D eigenvalue weighted by atomic mass is 19.1. The molecule has 1 saturated heterocycles. The van der Waals surface area contributed by atoms with Gasteiger partial charge in [-0.1, -0.05) is 38.1 Å². The molecule has 1 aromatic heterocycles. The molecule has 7 nitrogen and oxygen atoms in total. The number of para-hydroxylation sites is 2. The van der Waals surface area contributed by atoms with Gasteiger partial charge in [-0.3, -0.25) is 4.79 Å². The number of aromatic amines is 1. The van der Waals surface area contributed by atoms with E-state index in [1.165, 1.54) is 0 Å². The SMILES string of the molecule is COc1ccccc1-c1cc(C(C)C)c(F)c2[nH]c(C(=O)N3CCN(c4c(OC)cccc4OC)CC3)cc12.[HH]. The van der Waals surface area contributed by atoms with Crippen LogP contribution in [0.4, 0.5) is 10.1 Å². The third kappa shape index (κ3) is 4.75. The highest BCUT2D eigenvalue weighted by molar-refractivity contribution is 6.04. The quantitative estimate of drug-likeness (QED) is 0.301. The number of methoxy groups -OCH3 is 3. The van der Waals surface area contributed by atoms with Crippen molar-refractivity contribution in [3.05, 3.63) is 71.7 Å². The standard InChI is InChI=1S/C31H34FN3O4.H2/c1-19(2)21-17-22(20-9-6-7-10-25(20)37-3)23-18-24(33-29(23)28(21)32)31(36)35-15-13-34(14-16-35)30-26(38-4)11-8-12-27(30)39-5;/h6-12,17-19,33H,13-16H2,1-5H3;1H. The van der Waals surface area contributed by atoms with E-state index in [2.05, 4.69) is 9.88 Å². The lowest BCUT2D eigenvalue weighted by Crippen LogP contribution is -2.49. The zero-order chi connectivity index (χ0) is 27.7. The summed E-state index contributed by atoms with van der Waals surface area (Å²) in [5.41, 5.74) is 3.85. The monoisotopic (exact) mass is 533 g/mol. The Hall–Kier alpha value is -4.20. The first-order valence-corrected chi connectivity index (χ1v) is 13.1. The molecule has 1 fully saturated rings. The largest absolute Gasteiger partial charge is 0.496 e. The molecule has 1 aliphatic rings. The lowest BCUT2D eigenvalue weighted by Gasteiger charge is -2.37. The van der Waals surface area contributed by atoms with Crippen molar-refractivity contribution in [1.29, 1.82) is 0 Å². The van der Waals surface area contributed by atoms with Gasteiger partial charge in [-0.15, -0.1) is 0 Å². The zero-order valence-corrected chi connectivity index (χ0v) is 23.0. The number of piperazine rings is 1. The van der Waals surface area contributed by atoms with Crippen LogP contribution in [0.25, 0.3) is 22.0 Å². The molecule has 0 aliphatic carbocycles. The number of nitrogens with one attached hydrogen (secondary N) is 1. The first-order chi connectivity index (χ1) is 18.9. The molecule has 0 spiro atoms. The van der Waals surface area contributed by atoms with Crippen molar-refractivity contribution in [3.63, 3.8) is 0 Å². The second-order valence-corrected chi connectivity index (χ2v) is 9.94. The summed E-state index contributed by atoms with van der Waals surface area (Å²) in [6, 6.07) is 17.0. The Kier molecular flexibility index (Phi) is 7.37. The number of fused-ring (bicyclic) bond motifs is 1. The topological polar surface area (TPSA) is 67.0 Å². The predicted molar refractivity (Wildman–Crippen MR) is 154 cm³/mol. The van der Waals surface area contributed by atoms with Crippen LogP contribution in [0.5, 0.6) is 17.2 Å². The maximum absolute atomic E-state index is 15.7. The molecule has 0 saturated carbocycles. The molecule has 4 aromatic rings. The van der Waals surface area contributed by atoms with E-state index < -0.39 is 0 Å². The smallest absolute Gasteiger partial charge is 0.270 e. The van der Waals surface area contributed by atoms with E-state index >= 15 is 4.39 Å². The Morgan fingerprint density at radius 2 is 1.49 bits per heavy atom. The highest BCUT2D eigenvalue weighted by Gasteiger charge is 2.28. The van der Waals surface area contributed by atoms with Crippen LogP contribution in [0.15, 0.2) is 54.6 Å². The number of amides is 1. The van der Waals surface area contributed by atoms with E-state index in [0.717, 1.165) is 28.3 Å². The van der Waals surface area contributed by atoms with Crippen LogP contribution in [0, 0.1) is 5.82 Å². The van der Waals surface area contributed by atoms with Crippen LogP contribution in [0.2, 0.25) is 0 Å². The lowest BCUT2D eigenvalue weighted by atomic mass is 9.93. The number of H-pyrrole nitrogens is 1. The zero-order valence-electron chi connectivity index (χ0n) is 23.0. The summed E-state index contributed by atoms with van der Waals surface area (Å²) in [4.78, 5) is 20.7. The molecule has 0 radical (unpaired) electrons. The number of nitrogens with zero attached hydrogens (tertiary/aromatic N) is 2. The van der Waals surface area contributed by atoms with Crippen molar-refractivity contribution in [3.8, 4) is 28.4 Å². The van der Waals surface area contributed by atoms with Crippen LogP contribution in [-0.4, -0.2) is 63.3 Å². The molecular weight excluding hydrogens is 497 g/mol. The van der Waals surface area contributed by atoms with Gasteiger partial charge in [0, 0.05) is 38.6 Å².